The Kier molecular flexibility index (Phi) is 4.62. The molecule has 0 saturated heterocycles. The zero-order valence-electron chi connectivity index (χ0n) is 12.5. The Hall–Kier alpha value is -1.31. The lowest BCUT2D eigenvalue weighted by Gasteiger charge is -2.16. The van der Waals surface area contributed by atoms with Gasteiger partial charge in [-0.05, 0) is 54.9 Å². The van der Waals surface area contributed by atoms with Gasteiger partial charge in [0.2, 0.25) is 0 Å². The van der Waals surface area contributed by atoms with Crippen LogP contribution < -0.4 is 5.32 Å². The highest BCUT2D eigenvalue weighted by atomic mass is 35.5. The van der Waals surface area contributed by atoms with Crippen LogP contribution in [-0.2, 0) is 13.0 Å². The fraction of sp³-hybridized carbons (Fsp3) is 0.368. The number of halogens is 1. The van der Waals surface area contributed by atoms with Crippen LogP contribution in [0.4, 0.5) is 0 Å². The normalized spacial score (nSPS) is 15.9. The first-order valence-corrected chi connectivity index (χ1v) is 8.16. The van der Waals surface area contributed by atoms with E-state index in [1.165, 1.54) is 29.5 Å². The molecule has 1 aliphatic carbocycles. The number of benzene rings is 2. The maximum atomic E-state index is 6.23. The maximum absolute atomic E-state index is 6.23. The Labute approximate surface area is 132 Å². The molecule has 0 spiro atoms. The molecule has 3 rings (SSSR count). The minimum atomic E-state index is 0.414. The molecule has 1 fully saturated rings. The van der Waals surface area contributed by atoms with Crippen LogP contribution in [0.5, 0.6) is 0 Å². The first kappa shape index (κ1) is 14.6. The van der Waals surface area contributed by atoms with Crippen LogP contribution in [-0.4, -0.2) is 6.04 Å². The van der Waals surface area contributed by atoms with Crippen molar-refractivity contribution in [1.29, 1.82) is 0 Å². The minimum absolute atomic E-state index is 0.414. The molecular formula is C19H22ClN. The van der Waals surface area contributed by atoms with Gasteiger partial charge in [-0.1, -0.05) is 54.1 Å². The van der Waals surface area contributed by atoms with Crippen LogP contribution in [0.2, 0.25) is 5.02 Å². The highest BCUT2D eigenvalue weighted by Gasteiger charge is 2.25. The van der Waals surface area contributed by atoms with Gasteiger partial charge in [-0.3, -0.25) is 0 Å². The van der Waals surface area contributed by atoms with Crippen molar-refractivity contribution in [3.63, 3.8) is 0 Å². The monoisotopic (exact) mass is 299 g/mol. The van der Waals surface area contributed by atoms with Crippen molar-refractivity contribution in [2.45, 2.75) is 44.7 Å². The third-order valence-electron chi connectivity index (χ3n) is 4.20. The predicted octanol–water partition coefficient (Wildman–Crippen LogP) is 4.94. The van der Waals surface area contributed by atoms with Gasteiger partial charge < -0.3 is 5.32 Å². The summed E-state index contributed by atoms with van der Waals surface area (Å²) in [4.78, 5) is 0. The molecule has 1 atom stereocenters. The van der Waals surface area contributed by atoms with Crippen molar-refractivity contribution in [3.8, 4) is 0 Å². The molecule has 21 heavy (non-hydrogen) atoms. The molecule has 0 radical (unpaired) electrons. The van der Waals surface area contributed by atoms with E-state index < -0.39 is 0 Å². The van der Waals surface area contributed by atoms with Gasteiger partial charge in [0.15, 0.2) is 0 Å². The van der Waals surface area contributed by atoms with Crippen LogP contribution in [0.25, 0.3) is 0 Å². The van der Waals surface area contributed by atoms with E-state index in [0.717, 1.165) is 23.9 Å². The Bertz CT molecular complexity index is 604. The highest BCUT2D eigenvalue weighted by molar-refractivity contribution is 6.31. The Morgan fingerprint density at radius 1 is 1.05 bits per heavy atom. The molecular weight excluding hydrogens is 278 g/mol. The van der Waals surface area contributed by atoms with Crippen LogP contribution in [0.1, 0.15) is 42.4 Å². The fourth-order valence-corrected chi connectivity index (χ4v) is 3.05. The Morgan fingerprint density at radius 2 is 1.71 bits per heavy atom. The van der Waals surface area contributed by atoms with E-state index in [9.17, 15) is 0 Å². The summed E-state index contributed by atoms with van der Waals surface area (Å²) in [6.07, 6.45) is 3.67. The van der Waals surface area contributed by atoms with E-state index in [0.29, 0.717) is 6.04 Å². The van der Waals surface area contributed by atoms with Gasteiger partial charge in [0.25, 0.3) is 0 Å². The summed E-state index contributed by atoms with van der Waals surface area (Å²) in [5.41, 5.74) is 4.20. The molecule has 0 aliphatic heterocycles. The standard InChI is InChI=1S/C19H22ClN/c1-14(12-16-6-3-5-9-19(16)20)21-13-17-7-2-4-8-18(17)15-10-11-15/h2-9,14-15,21H,10-13H2,1H3. The average molecular weight is 300 g/mol. The summed E-state index contributed by atoms with van der Waals surface area (Å²) in [6.45, 7) is 3.17. The average Bonchev–Trinajstić information content (AvgIpc) is 3.32. The van der Waals surface area contributed by atoms with Gasteiger partial charge in [0.1, 0.15) is 0 Å². The SMILES string of the molecule is CC(Cc1ccccc1Cl)NCc1ccccc1C1CC1. The van der Waals surface area contributed by atoms with Crippen LogP contribution in [0.15, 0.2) is 48.5 Å². The summed E-state index contributed by atoms with van der Waals surface area (Å²) in [6, 6.07) is 17.4. The van der Waals surface area contributed by atoms with Gasteiger partial charge in [-0.25, -0.2) is 0 Å². The predicted molar refractivity (Wildman–Crippen MR) is 89.9 cm³/mol. The minimum Gasteiger partial charge on any atom is -0.310 e. The molecule has 0 aromatic heterocycles. The molecule has 2 aromatic carbocycles. The summed E-state index contributed by atoms with van der Waals surface area (Å²) < 4.78 is 0. The van der Waals surface area contributed by atoms with Crippen molar-refractivity contribution >= 4 is 11.6 Å². The van der Waals surface area contributed by atoms with Crippen molar-refractivity contribution in [2.24, 2.45) is 0 Å². The summed E-state index contributed by atoms with van der Waals surface area (Å²) in [5.74, 6) is 0.807. The van der Waals surface area contributed by atoms with Gasteiger partial charge in [0.05, 0.1) is 0 Å². The van der Waals surface area contributed by atoms with Crippen molar-refractivity contribution in [3.05, 3.63) is 70.2 Å². The zero-order valence-corrected chi connectivity index (χ0v) is 13.2. The molecule has 1 saturated carbocycles. The van der Waals surface area contributed by atoms with E-state index in [4.69, 9.17) is 11.6 Å². The highest BCUT2D eigenvalue weighted by Crippen LogP contribution is 2.41. The molecule has 0 heterocycles. The van der Waals surface area contributed by atoms with Crippen LogP contribution in [0, 0.1) is 0 Å². The van der Waals surface area contributed by atoms with E-state index >= 15 is 0 Å². The molecule has 1 N–H and O–H groups in total. The number of rotatable bonds is 6. The van der Waals surface area contributed by atoms with E-state index in [1.807, 2.05) is 12.1 Å². The van der Waals surface area contributed by atoms with Crippen molar-refractivity contribution in [1.82, 2.24) is 5.32 Å². The van der Waals surface area contributed by atoms with E-state index in [-0.39, 0.29) is 0 Å². The molecule has 2 aromatic rings. The first-order chi connectivity index (χ1) is 10.2. The van der Waals surface area contributed by atoms with Crippen molar-refractivity contribution < 1.29 is 0 Å². The molecule has 1 unspecified atom stereocenters. The topological polar surface area (TPSA) is 12.0 Å². The third kappa shape index (κ3) is 3.87. The lowest BCUT2D eigenvalue weighted by Crippen LogP contribution is -2.28. The number of hydrogen-bond acceptors (Lipinski definition) is 1. The quantitative estimate of drug-likeness (QED) is 0.797. The number of hydrogen-bond donors (Lipinski definition) is 1. The molecule has 110 valence electrons. The second-order valence-corrected chi connectivity index (χ2v) is 6.46. The molecule has 2 heteroatoms. The van der Waals surface area contributed by atoms with Crippen LogP contribution >= 0.6 is 11.6 Å². The van der Waals surface area contributed by atoms with Gasteiger partial charge >= 0.3 is 0 Å². The van der Waals surface area contributed by atoms with Crippen molar-refractivity contribution in [2.75, 3.05) is 0 Å². The first-order valence-electron chi connectivity index (χ1n) is 7.78. The zero-order chi connectivity index (χ0) is 14.7. The third-order valence-corrected chi connectivity index (χ3v) is 4.57. The lowest BCUT2D eigenvalue weighted by molar-refractivity contribution is 0.544. The van der Waals surface area contributed by atoms with Gasteiger partial charge in [0, 0.05) is 17.6 Å². The molecule has 0 amide bonds. The second-order valence-electron chi connectivity index (χ2n) is 6.05. The smallest absolute Gasteiger partial charge is 0.0438 e. The Morgan fingerprint density at radius 3 is 2.43 bits per heavy atom. The molecule has 0 bridgehead atoms. The largest absolute Gasteiger partial charge is 0.310 e. The van der Waals surface area contributed by atoms with Crippen LogP contribution in [0.3, 0.4) is 0 Å². The lowest BCUT2D eigenvalue weighted by atomic mass is 10.0. The van der Waals surface area contributed by atoms with Gasteiger partial charge in [-0.15, -0.1) is 0 Å². The summed E-state index contributed by atoms with van der Waals surface area (Å²) >= 11 is 6.23. The summed E-state index contributed by atoms with van der Waals surface area (Å²) in [5, 5.41) is 4.50. The number of nitrogens with one attached hydrogen (secondary N) is 1. The van der Waals surface area contributed by atoms with E-state index in [1.54, 1.807) is 0 Å². The second kappa shape index (κ2) is 6.64. The van der Waals surface area contributed by atoms with E-state index in [2.05, 4.69) is 48.6 Å². The molecule has 1 aliphatic rings. The van der Waals surface area contributed by atoms with Gasteiger partial charge in [-0.2, -0.15) is 0 Å². The summed E-state index contributed by atoms with van der Waals surface area (Å²) in [7, 11) is 0. The molecule has 1 nitrogen and oxygen atoms in total. The Balaban J connectivity index is 1.59. The fourth-order valence-electron chi connectivity index (χ4n) is 2.84. The maximum Gasteiger partial charge on any atom is 0.0438 e.